The van der Waals surface area contributed by atoms with Crippen LogP contribution in [0.25, 0.3) is 0 Å². The molecular weight excluding hydrogens is 320 g/mol. The molecular formula is C18H24N4O3. The number of nitrogens with one attached hydrogen (secondary N) is 1. The van der Waals surface area contributed by atoms with Crippen molar-refractivity contribution in [1.29, 1.82) is 0 Å². The molecule has 1 N–H and O–H groups in total. The maximum Gasteiger partial charge on any atom is 0.334 e. The van der Waals surface area contributed by atoms with Crippen molar-refractivity contribution in [1.82, 2.24) is 20.1 Å². The van der Waals surface area contributed by atoms with Crippen LogP contribution in [0, 0.1) is 6.92 Å². The topological polar surface area (TPSA) is 86.1 Å². The van der Waals surface area contributed by atoms with Crippen LogP contribution in [-0.4, -0.2) is 33.8 Å². The number of amides is 1. The Bertz CT molecular complexity index is 723. The van der Waals surface area contributed by atoms with E-state index in [0.29, 0.717) is 11.3 Å². The summed E-state index contributed by atoms with van der Waals surface area (Å²) < 4.78 is 6.66. The van der Waals surface area contributed by atoms with Crippen molar-refractivity contribution >= 4 is 11.9 Å². The lowest BCUT2D eigenvalue weighted by Gasteiger charge is -2.17. The van der Waals surface area contributed by atoms with Crippen molar-refractivity contribution in [3.05, 3.63) is 47.5 Å². The van der Waals surface area contributed by atoms with Gasteiger partial charge in [0.1, 0.15) is 0 Å². The molecule has 0 spiro atoms. The Balaban J connectivity index is 2.26. The lowest BCUT2D eigenvalue weighted by Crippen LogP contribution is -2.35. The fourth-order valence-corrected chi connectivity index (χ4v) is 2.78. The van der Waals surface area contributed by atoms with Crippen LogP contribution in [0.15, 0.2) is 30.6 Å². The summed E-state index contributed by atoms with van der Waals surface area (Å²) in [6.45, 7) is 6.03. The highest BCUT2D eigenvalue weighted by Crippen LogP contribution is 2.20. The second-order valence-corrected chi connectivity index (χ2v) is 5.74. The zero-order chi connectivity index (χ0) is 18.4. The summed E-state index contributed by atoms with van der Waals surface area (Å²) in [5.74, 6) is -0.951. The molecule has 7 heteroatoms. The fraction of sp³-hybridized carbons (Fsp3) is 0.444. The Kier molecular flexibility index (Phi) is 6.27. The van der Waals surface area contributed by atoms with E-state index >= 15 is 0 Å². The van der Waals surface area contributed by atoms with Gasteiger partial charge in [-0.15, -0.1) is 0 Å². The molecule has 2 aromatic heterocycles. The number of carbonyl (C=O) groups excluding carboxylic acids is 2. The first-order valence-electron chi connectivity index (χ1n) is 8.37. The molecule has 0 unspecified atom stereocenters. The second kappa shape index (κ2) is 8.41. The zero-order valence-electron chi connectivity index (χ0n) is 15.0. The van der Waals surface area contributed by atoms with Gasteiger partial charge in [-0.2, -0.15) is 5.10 Å². The first-order chi connectivity index (χ1) is 12.0. The van der Waals surface area contributed by atoms with Gasteiger partial charge in [0.05, 0.1) is 30.6 Å². The normalized spacial score (nSPS) is 12.0. The minimum Gasteiger partial charge on any atom is -0.467 e. The number of pyridine rings is 1. The molecule has 0 bridgehead atoms. The van der Waals surface area contributed by atoms with Crippen molar-refractivity contribution in [2.75, 3.05) is 7.11 Å². The van der Waals surface area contributed by atoms with E-state index in [1.54, 1.807) is 24.4 Å². The molecule has 2 rings (SSSR count). The third kappa shape index (κ3) is 4.04. The van der Waals surface area contributed by atoms with Gasteiger partial charge in [0.25, 0.3) is 5.91 Å². The minimum atomic E-state index is -0.963. The lowest BCUT2D eigenvalue weighted by atomic mass is 10.1. The van der Waals surface area contributed by atoms with Crippen LogP contribution in [-0.2, 0) is 9.53 Å². The number of ether oxygens (including phenoxy) is 1. The first-order valence-corrected chi connectivity index (χ1v) is 8.37. The number of methoxy groups -OCH3 is 1. The van der Waals surface area contributed by atoms with Crippen LogP contribution in [0.5, 0.6) is 0 Å². The average Bonchev–Trinajstić information content (AvgIpc) is 3.02. The predicted molar refractivity (Wildman–Crippen MR) is 93.0 cm³/mol. The van der Waals surface area contributed by atoms with Gasteiger partial charge in [-0.05, 0) is 31.9 Å². The molecule has 0 aliphatic heterocycles. The Morgan fingerprint density at radius 1 is 1.28 bits per heavy atom. The van der Waals surface area contributed by atoms with Gasteiger partial charge in [0.2, 0.25) is 0 Å². The van der Waals surface area contributed by atoms with Gasteiger partial charge in [-0.3, -0.25) is 14.5 Å². The van der Waals surface area contributed by atoms with E-state index in [0.717, 1.165) is 18.5 Å². The van der Waals surface area contributed by atoms with Gasteiger partial charge in [0.15, 0.2) is 6.04 Å². The van der Waals surface area contributed by atoms with Crippen LogP contribution in [0.1, 0.15) is 60.5 Å². The third-order valence-corrected chi connectivity index (χ3v) is 4.27. The summed E-state index contributed by atoms with van der Waals surface area (Å²) in [7, 11) is 1.28. The number of nitrogens with zero attached hydrogens (tertiary/aromatic N) is 3. The van der Waals surface area contributed by atoms with Crippen LogP contribution >= 0.6 is 0 Å². The van der Waals surface area contributed by atoms with Gasteiger partial charge in [-0.1, -0.05) is 19.9 Å². The van der Waals surface area contributed by atoms with E-state index in [9.17, 15) is 9.59 Å². The fourth-order valence-electron chi connectivity index (χ4n) is 2.78. The van der Waals surface area contributed by atoms with E-state index in [-0.39, 0.29) is 11.9 Å². The van der Waals surface area contributed by atoms with E-state index in [1.807, 2.05) is 11.6 Å². The number of hydrogen-bond acceptors (Lipinski definition) is 5. The predicted octanol–water partition coefficient (Wildman–Crippen LogP) is 2.59. The van der Waals surface area contributed by atoms with Crippen LogP contribution < -0.4 is 5.32 Å². The van der Waals surface area contributed by atoms with Crippen LogP contribution in [0.3, 0.4) is 0 Å². The Labute approximate surface area is 147 Å². The summed E-state index contributed by atoms with van der Waals surface area (Å²) in [6.07, 6.45) is 4.96. The van der Waals surface area contributed by atoms with Crippen LogP contribution in [0.2, 0.25) is 0 Å². The second-order valence-electron chi connectivity index (χ2n) is 5.74. The van der Waals surface area contributed by atoms with Gasteiger partial charge in [-0.25, -0.2) is 4.79 Å². The van der Waals surface area contributed by atoms with Crippen molar-refractivity contribution < 1.29 is 14.3 Å². The summed E-state index contributed by atoms with van der Waals surface area (Å²) in [4.78, 5) is 28.9. The lowest BCUT2D eigenvalue weighted by molar-refractivity contribution is -0.143. The molecule has 1 atom stereocenters. The largest absolute Gasteiger partial charge is 0.467 e. The van der Waals surface area contributed by atoms with Crippen molar-refractivity contribution in [3.8, 4) is 0 Å². The van der Waals surface area contributed by atoms with E-state index < -0.39 is 12.0 Å². The molecule has 0 aliphatic rings. The highest BCUT2D eigenvalue weighted by atomic mass is 16.5. The Morgan fingerprint density at radius 3 is 2.56 bits per heavy atom. The maximum atomic E-state index is 12.7. The van der Waals surface area contributed by atoms with Crippen molar-refractivity contribution in [2.24, 2.45) is 0 Å². The SMILES string of the molecule is CCC(CC)n1ncc(C(=O)N[C@H](C(=O)OC)c2ccccn2)c1C. The minimum absolute atomic E-state index is 0.244. The molecule has 0 aliphatic carbocycles. The molecule has 7 nitrogen and oxygen atoms in total. The molecule has 1 amide bonds. The molecule has 0 fully saturated rings. The zero-order valence-corrected chi connectivity index (χ0v) is 15.0. The number of aromatic nitrogens is 3. The number of esters is 1. The summed E-state index contributed by atoms with van der Waals surface area (Å²) in [5.41, 5.74) is 1.64. The molecule has 25 heavy (non-hydrogen) atoms. The van der Waals surface area contributed by atoms with E-state index in [4.69, 9.17) is 4.74 Å². The summed E-state index contributed by atoms with van der Waals surface area (Å²) in [5, 5.41) is 7.05. The number of carbonyl (C=O) groups is 2. The first kappa shape index (κ1) is 18.6. The van der Waals surface area contributed by atoms with Crippen molar-refractivity contribution in [2.45, 2.75) is 45.7 Å². The van der Waals surface area contributed by atoms with Gasteiger partial charge < -0.3 is 10.1 Å². The highest BCUT2D eigenvalue weighted by molar-refractivity contribution is 5.97. The molecule has 0 saturated carbocycles. The smallest absolute Gasteiger partial charge is 0.334 e. The Morgan fingerprint density at radius 2 is 2.00 bits per heavy atom. The van der Waals surface area contributed by atoms with E-state index in [1.165, 1.54) is 13.3 Å². The molecule has 0 radical (unpaired) electrons. The van der Waals surface area contributed by atoms with Gasteiger partial charge >= 0.3 is 5.97 Å². The Hall–Kier alpha value is -2.70. The summed E-state index contributed by atoms with van der Waals surface area (Å²) in [6, 6.07) is 4.44. The molecule has 2 aromatic rings. The molecule has 2 heterocycles. The van der Waals surface area contributed by atoms with E-state index in [2.05, 4.69) is 29.2 Å². The summed E-state index contributed by atoms with van der Waals surface area (Å²) >= 11 is 0. The van der Waals surface area contributed by atoms with Crippen LogP contribution in [0.4, 0.5) is 0 Å². The standard InChI is InChI=1S/C18H24N4O3/c1-5-13(6-2)22-12(3)14(11-20-22)17(23)21-16(18(24)25-4)15-9-7-8-10-19-15/h7-11,13,16H,5-6H2,1-4H3,(H,21,23)/t16-/m0/s1. The number of hydrogen-bond donors (Lipinski definition) is 1. The maximum absolute atomic E-state index is 12.7. The molecule has 134 valence electrons. The quantitative estimate of drug-likeness (QED) is 0.780. The highest BCUT2D eigenvalue weighted by Gasteiger charge is 2.27. The van der Waals surface area contributed by atoms with Gasteiger partial charge in [0, 0.05) is 11.9 Å². The van der Waals surface area contributed by atoms with Crippen molar-refractivity contribution in [3.63, 3.8) is 0 Å². The molecule has 0 saturated heterocycles. The monoisotopic (exact) mass is 344 g/mol. The third-order valence-electron chi connectivity index (χ3n) is 4.27. The average molecular weight is 344 g/mol. The molecule has 0 aromatic carbocycles. The number of rotatable bonds is 7.